The van der Waals surface area contributed by atoms with Crippen molar-refractivity contribution in [2.75, 3.05) is 0 Å². The standard InChI is InChI=1S/C22H26O8/c23-19(24)15-13(11-7-3-1-4-8-11)16(20(25)26)18(22(29)30)14(17(15)21(27)28)12-9-5-2-6-10-12/h11-12H,1-10H2,(H,23,24)(H,25,26)(H,27,28)(H,29,30). The topological polar surface area (TPSA) is 149 Å². The molecule has 0 aliphatic heterocycles. The van der Waals surface area contributed by atoms with Crippen molar-refractivity contribution in [2.24, 2.45) is 0 Å². The van der Waals surface area contributed by atoms with Crippen LogP contribution in [0.4, 0.5) is 0 Å². The second-order valence-corrected chi connectivity index (χ2v) is 8.22. The molecule has 2 aliphatic carbocycles. The molecule has 0 radical (unpaired) electrons. The van der Waals surface area contributed by atoms with E-state index in [0.717, 1.165) is 38.5 Å². The van der Waals surface area contributed by atoms with Gasteiger partial charge >= 0.3 is 23.9 Å². The van der Waals surface area contributed by atoms with Crippen LogP contribution in [0.5, 0.6) is 0 Å². The lowest BCUT2D eigenvalue weighted by Crippen LogP contribution is -2.27. The van der Waals surface area contributed by atoms with Crippen LogP contribution in [0, 0.1) is 0 Å². The highest BCUT2D eigenvalue weighted by Crippen LogP contribution is 2.45. The molecule has 0 aromatic heterocycles. The van der Waals surface area contributed by atoms with E-state index >= 15 is 0 Å². The third-order valence-corrected chi connectivity index (χ3v) is 6.46. The second-order valence-electron chi connectivity index (χ2n) is 8.22. The summed E-state index contributed by atoms with van der Waals surface area (Å²) in [6.45, 7) is 0. The predicted molar refractivity (Wildman–Crippen MR) is 106 cm³/mol. The number of carboxylic acid groups (broad SMARTS) is 4. The van der Waals surface area contributed by atoms with Gasteiger partial charge in [0, 0.05) is 0 Å². The maximum absolute atomic E-state index is 12.3. The van der Waals surface area contributed by atoms with Crippen LogP contribution in [0.2, 0.25) is 0 Å². The lowest BCUT2D eigenvalue weighted by Gasteiger charge is -2.31. The molecule has 2 fully saturated rings. The van der Waals surface area contributed by atoms with E-state index in [-0.39, 0.29) is 11.1 Å². The van der Waals surface area contributed by atoms with E-state index in [9.17, 15) is 39.6 Å². The Hall–Kier alpha value is -2.90. The highest BCUT2D eigenvalue weighted by Gasteiger charge is 2.40. The molecule has 2 saturated carbocycles. The molecule has 0 saturated heterocycles. The second kappa shape index (κ2) is 8.85. The first-order chi connectivity index (χ1) is 14.3. The first-order valence-corrected chi connectivity index (χ1v) is 10.4. The number of carboxylic acids is 4. The molecule has 1 aromatic rings. The smallest absolute Gasteiger partial charge is 0.336 e. The summed E-state index contributed by atoms with van der Waals surface area (Å²) in [6, 6.07) is 0. The first kappa shape index (κ1) is 21.8. The number of carbonyl (C=O) groups is 4. The van der Waals surface area contributed by atoms with Gasteiger partial charge in [-0.3, -0.25) is 0 Å². The number of aromatic carboxylic acids is 4. The van der Waals surface area contributed by atoms with Gasteiger partial charge < -0.3 is 20.4 Å². The van der Waals surface area contributed by atoms with Crippen LogP contribution in [-0.4, -0.2) is 44.3 Å². The minimum absolute atomic E-state index is 0.135. The Balaban J connectivity index is 2.48. The highest BCUT2D eigenvalue weighted by molar-refractivity contribution is 6.13. The Bertz CT molecular complexity index is 763. The summed E-state index contributed by atoms with van der Waals surface area (Å²) in [4.78, 5) is 49.1. The predicted octanol–water partition coefficient (Wildman–Crippen LogP) is 4.57. The fourth-order valence-electron chi connectivity index (χ4n) is 5.28. The van der Waals surface area contributed by atoms with E-state index in [2.05, 4.69) is 0 Å². The number of hydrogen-bond acceptors (Lipinski definition) is 4. The van der Waals surface area contributed by atoms with Crippen molar-refractivity contribution in [1.82, 2.24) is 0 Å². The molecule has 3 rings (SSSR count). The zero-order valence-electron chi connectivity index (χ0n) is 16.6. The van der Waals surface area contributed by atoms with E-state index in [1.54, 1.807) is 0 Å². The normalized spacial score (nSPS) is 18.1. The van der Waals surface area contributed by atoms with Crippen molar-refractivity contribution in [3.63, 3.8) is 0 Å². The largest absolute Gasteiger partial charge is 0.478 e. The van der Waals surface area contributed by atoms with Crippen molar-refractivity contribution in [3.8, 4) is 0 Å². The Kier molecular flexibility index (Phi) is 6.43. The van der Waals surface area contributed by atoms with E-state index in [4.69, 9.17) is 0 Å². The van der Waals surface area contributed by atoms with Crippen LogP contribution in [0.15, 0.2) is 0 Å². The molecule has 30 heavy (non-hydrogen) atoms. The van der Waals surface area contributed by atoms with Crippen LogP contribution >= 0.6 is 0 Å². The SMILES string of the molecule is O=C(O)c1c(C(=O)O)c(C2CCCCC2)c(C(=O)O)c(C(=O)O)c1C1CCCCC1. The average molecular weight is 418 g/mol. The van der Waals surface area contributed by atoms with Crippen LogP contribution in [0.25, 0.3) is 0 Å². The first-order valence-electron chi connectivity index (χ1n) is 10.4. The summed E-state index contributed by atoms with van der Waals surface area (Å²) < 4.78 is 0. The Morgan fingerprint density at radius 2 is 0.700 bits per heavy atom. The Morgan fingerprint density at radius 3 is 0.900 bits per heavy atom. The van der Waals surface area contributed by atoms with Crippen molar-refractivity contribution >= 4 is 23.9 Å². The molecule has 0 heterocycles. The van der Waals surface area contributed by atoms with Gasteiger partial charge in [0.2, 0.25) is 0 Å². The minimum Gasteiger partial charge on any atom is -0.478 e. The van der Waals surface area contributed by atoms with Crippen molar-refractivity contribution in [1.29, 1.82) is 0 Å². The number of rotatable bonds is 6. The van der Waals surface area contributed by atoms with Gasteiger partial charge in [0.05, 0.1) is 22.3 Å². The van der Waals surface area contributed by atoms with E-state index in [1.165, 1.54) is 0 Å². The molecular formula is C22H26O8. The molecule has 8 nitrogen and oxygen atoms in total. The molecule has 2 aliphatic rings. The minimum atomic E-state index is -1.52. The Morgan fingerprint density at radius 1 is 0.467 bits per heavy atom. The molecule has 8 heteroatoms. The van der Waals surface area contributed by atoms with Gasteiger partial charge in [0.1, 0.15) is 0 Å². The molecular weight excluding hydrogens is 392 g/mol. The van der Waals surface area contributed by atoms with Crippen LogP contribution in [0.1, 0.15) is 129 Å². The molecule has 0 unspecified atom stereocenters. The van der Waals surface area contributed by atoms with Gasteiger partial charge in [-0.2, -0.15) is 0 Å². The summed E-state index contributed by atoms with van der Waals surface area (Å²) in [5.74, 6) is -7.08. The third-order valence-electron chi connectivity index (χ3n) is 6.46. The summed E-state index contributed by atoms with van der Waals surface area (Å²) in [6.07, 6.45) is 6.83. The van der Waals surface area contributed by atoms with E-state index < -0.39 is 58.0 Å². The summed E-state index contributed by atoms with van der Waals surface area (Å²) >= 11 is 0. The quantitative estimate of drug-likeness (QED) is 0.524. The van der Waals surface area contributed by atoms with Crippen LogP contribution in [0.3, 0.4) is 0 Å². The molecule has 0 atom stereocenters. The van der Waals surface area contributed by atoms with Gasteiger partial charge in [-0.1, -0.05) is 38.5 Å². The van der Waals surface area contributed by atoms with Gasteiger partial charge in [-0.05, 0) is 48.6 Å². The van der Waals surface area contributed by atoms with E-state index in [0.29, 0.717) is 25.7 Å². The monoisotopic (exact) mass is 418 g/mol. The third kappa shape index (κ3) is 3.91. The van der Waals surface area contributed by atoms with Gasteiger partial charge in [-0.25, -0.2) is 19.2 Å². The Labute approximate surface area is 173 Å². The van der Waals surface area contributed by atoms with E-state index in [1.807, 2.05) is 0 Å². The average Bonchev–Trinajstić information content (AvgIpc) is 2.72. The molecule has 0 amide bonds. The summed E-state index contributed by atoms with van der Waals surface area (Å²) in [5, 5.41) is 39.9. The zero-order valence-corrected chi connectivity index (χ0v) is 16.6. The molecule has 0 spiro atoms. The zero-order chi connectivity index (χ0) is 22.0. The van der Waals surface area contributed by atoms with Gasteiger partial charge in [0.25, 0.3) is 0 Å². The fraction of sp³-hybridized carbons (Fsp3) is 0.545. The highest BCUT2D eigenvalue weighted by atomic mass is 16.4. The number of benzene rings is 1. The maximum atomic E-state index is 12.3. The van der Waals surface area contributed by atoms with Crippen LogP contribution < -0.4 is 0 Å². The van der Waals surface area contributed by atoms with Gasteiger partial charge in [-0.15, -0.1) is 0 Å². The summed E-state index contributed by atoms with van der Waals surface area (Å²) in [5.41, 5.74) is -2.45. The van der Waals surface area contributed by atoms with Crippen molar-refractivity contribution in [2.45, 2.75) is 76.0 Å². The molecule has 162 valence electrons. The van der Waals surface area contributed by atoms with Crippen molar-refractivity contribution < 1.29 is 39.6 Å². The van der Waals surface area contributed by atoms with Crippen molar-refractivity contribution in [3.05, 3.63) is 33.4 Å². The molecule has 0 bridgehead atoms. The lowest BCUT2D eigenvalue weighted by atomic mass is 9.72. The number of hydrogen-bond donors (Lipinski definition) is 4. The molecule has 4 N–H and O–H groups in total. The van der Waals surface area contributed by atoms with Gasteiger partial charge in [0.15, 0.2) is 0 Å². The maximum Gasteiger partial charge on any atom is 0.336 e. The van der Waals surface area contributed by atoms with Crippen LogP contribution in [-0.2, 0) is 0 Å². The lowest BCUT2D eigenvalue weighted by molar-refractivity contribution is 0.0629. The fourth-order valence-corrected chi connectivity index (χ4v) is 5.28. The summed E-state index contributed by atoms with van der Waals surface area (Å²) in [7, 11) is 0. The molecule has 1 aromatic carbocycles.